The number of rotatable bonds is 6. The van der Waals surface area contributed by atoms with E-state index in [1.165, 1.54) is 0 Å². The summed E-state index contributed by atoms with van der Waals surface area (Å²) in [7, 11) is 0. The standard InChI is InChI=1S/C15H19BrN2O3/c1-4-15(5-2,20-6-3)14-17-13(21-18-14)11-9-10(16)7-8-12(11)19/h7-9,19H,4-6H2,1-3H3. The van der Waals surface area contributed by atoms with Gasteiger partial charge in [0.2, 0.25) is 5.82 Å². The number of ether oxygens (including phenoxy) is 1. The van der Waals surface area contributed by atoms with Crippen molar-refractivity contribution in [3.05, 3.63) is 28.5 Å². The maximum Gasteiger partial charge on any atom is 0.261 e. The molecule has 0 spiro atoms. The van der Waals surface area contributed by atoms with Gasteiger partial charge in [-0.05, 0) is 38.0 Å². The van der Waals surface area contributed by atoms with Crippen LogP contribution < -0.4 is 0 Å². The summed E-state index contributed by atoms with van der Waals surface area (Å²) in [5.41, 5.74) is -0.0428. The number of phenolic OH excluding ortho intramolecular Hbond substituents is 1. The summed E-state index contributed by atoms with van der Waals surface area (Å²) in [6, 6.07) is 5.07. The molecular formula is C15H19BrN2O3. The van der Waals surface area contributed by atoms with Gasteiger partial charge in [0.15, 0.2) is 0 Å². The van der Waals surface area contributed by atoms with E-state index < -0.39 is 5.60 Å². The molecule has 0 radical (unpaired) electrons. The molecule has 2 aromatic rings. The molecule has 0 aliphatic rings. The highest BCUT2D eigenvalue weighted by atomic mass is 79.9. The van der Waals surface area contributed by atoms with Crippen molar-refractivity contribution in [3.63, 3.8) is 0 Å². The first-order valence-electron chi connectivity index (χ1n) is 7.03. The van der Waals surface area contributed by atoms with E-state index in [1.807, 2.05) is 20.8 Å². The summed E-state index contributed by atoms with van der Waals surface area (Å²) in [6.07, 6.45) is 1.50. The van der Waals surface area contributed by atoms with Crippen LogP contribution in [0.25, 0.3) is 11.5 Å². The fourth-order valence-electron chi connectivity index (χ4n) is 2.31. The van der Waals surface area contributed by atoms with E-state index >= 15 is 0 Å². The van der Waals surface area contributed by atoms with Gasteiger partial charge in [-0.25, -0.2) is 0 Å². The minimum Gasteiger partial charge on any atom is -0.507 e. The quantitative estimate of drug-likeness (QED) is 0.839. The average Bonchev–Trinajstić information content (AvgIpc) is 2.97. The van der Waals surface area contributed by atoms with E-state index in [2.05, 4.69) is 26.1 Å². The van der Waals surface area contributed by atoms with Crippen LogP contribution >= 0.6 is 15.9 Å². The molecule has 0 bridgehead atoms. The predicted molar refractivity (Wildman–Crippen MR) is 83.0 cm³/mol. The summed E-state index contributed by atoms with van der Waals surface area (Å²) >= 11 is 3.37. The third kappa shape index (κ3) is 3.11. The molecule has 2 rings (SSSR count). The molecule has 0 amide bonds. The largest absolute Gasteiger partial charge is 0.507 e. The predicted octanol–water partition coefficient (Wildman–Crippen LogP) is 4.26. The minimum absolute atomic E-state index is 0.100. The maximum absolute atomic E-state index is 9.94. The Labute approximate surface area is 132 Å². The van der Waals surface area contributed by atoms with Crippen molar-refractivity contribution in [1.29, 1.82) is 0 Å². The van der Waals surface area contributed by atoms with E-state index in [1.54, 1.807) is 18.2 Å². The van der Waals surface area contributed by atoms with Crippen LogP contribution in [0.3, 0.4) is 0 Å². The van der Waals surface area contributed by atoms with Crippen LogP contribution in [0.2, 0.25) is 0 Å². The highest BCUT2D eigenvalue weighted by Gasteiger charge is 2.34. The molecule has 114 valence electrons. The number of hydrogen-bond donors (Lipinski definition) is 1. The SMILES string of the molecule is CCOC(CC)(CC)c1noc(-c2cc(Br)ccc2O)n1. The van der Waals surface area contributed by atoms with Crippen molar-refractivity contribution in [2.45, 2.75) is 39.2 Å². The van der Waals surface area contributed by atoms with Crippen LogP contribution in [0, 0.1) is 0 Å². The van der Waals surface area contributed by atoms with Crippen molar-refractivity contribution in [2.75, 3.05) is 6.61 Å². The number of halogens is 1. The van der Waals surface area contributed by atoms with E-state index in [-0.39, 0.29) is 11.6 Å². The van der Waals surface area contributed by atoms with Crippen LogP contribution in [-0.2, 0) is 10.3 Å². The Morgan fingerprint density at radius 1 is 1.29 bits per heavy atom. The van der Waals surface area contributed by atoms with Gasteiger partial charge in [-0.1, -0.05) is 34.9 Å². The zero-order valence-corrected chi connectivity index (χ0v) is 14.0. The number of hydrogen-bond acceptors (Lipinski definition) is 5. The lowest BCUT2D eigenvalue weighted by Gasteiger charge is -2.27. The number of nitrogens with zero attached hydrogens (tertiary/aromatic N) is 2. The van der Waals surface area contributed by atoms with E-state index in [4.69, 9.17) is 9.26 Å². The van der Waals surface area contributed by atoms with Gasteiger partial charge in [0.1, 0.15) is 11.4 Å². The zero-order chi connectivity index (χ0) is 15.5. The van der Waals surface area contributed by atoms with Gasteiger partial charge >= 0.3 is 0 Å². The lowest BCUT2D eigenvalue weighted by Crippen LogP contribution is -2.29. The Balaban J connectivity index is 2.43. The Morgan fingerprint density at radius 2 is 2.00 bits per heavy atom. The van der Waals surface area contributed by atoms with Crippen LogP contribution in [0.15, 0.2) is 27.2 Å². The van der Waals surface area contributed by atoms with Crippen molar-refractivity contribution in [2.24, 2.45) is 0 Å². The second-order valence-corrected chi connectivity index (χ2v) is 5.63. The molecular weight excluding hydrogens is 336 g/mol. The molecule has 21 heavy (non-hydrogen) atoms. The van der Waals surface area contributed by atoms with Gasteiger partial charge in [0.05, 0.1) is 5.56 Å². The molecule has 0 aliphatic heterocycles. The van der Waals surface area contributed by atoms with Crippen LogP contribution in [0.5, 0.6) is 5.75 Å². The molecule has 0 aliphatic carbocycles. The minimum atomic E-state index is -0.544. The molecule has 0 atom stereocenters. The molecule has 0 saturated heterocycles. The second kappa shape index (κ2) is 6.58. The molecule has 6 heteroatoms. The number of aromatic hydroxyl groups is 1. The third-order valence-electron chi connectivity index (χ3n) is 3.59. The fraction of sp³-hybridized carbons (Fsp3) is 0.467. The van der Waals surface area contributed by atoms with Gasteiger partial charge in [-0.2, -0.15) is 4.98 Å². The second-order valence-electron chi connectivity index (χ2n) is 4.72. The first-order valence-corrected chi connectivity index (χ1v) is 7.82. The smallest absolute Gasteiger partial charge is 0.261 e. The van der Waals surface area contributed by atoms with Crippen LogP contribution in [0.4, 0.5) is 0 Å². The normalized spacial score (nSPS) is 11.8. The van der Waals surface area contributed by atoms with E-state index in [0.717, 1.165) is 17.3 Å². The fourth-order valence-corrected chi connectivity index (χ4v) is 2.67. The molecule has 0 saturated carbocycles. The van der Waals surface area contributed by atoms with Crippen molar-refractivity contribution < 1.29 is 14.4 Å². The Morgan fingerprint density at radius 3 is 2.62 bits per heavy atom. The Kier molecular flexibility index (Phi) is 5.00. The molecule has 1 N–H and O–H groups in total. The lowest BCUT2D eigenvalue weighted by molar-refractivity contribution is -0.0583. The number of phenols is 1. The maximum atomic E-state index is 9.94. The Bertz CT molecular complexity index is 609. The van der Waals surface area contributed by atoms with Crippen molar-refractivity contribution in [1.82, 2.24) is 10.1 Å². The lowest BCUT2D eigenvalue weighted by atomic mass is 9.96. The van der Waals surface area contributed by atoms with Gasteiger partial charge in [0.25, 0.3) is 5.89 Å². The molecule has 1 aromatic heterocycles. The zero-order valence-electron chi connectivity index (χ0n) is 12.4. The van der Waals surface area contributed by atoms with Gasteiger partial charge in [-0.3, -0.25) is 0 Å². The van der Waals surface area contributed by atoms with Crippen LogP contribution in [0.1, 0.15) is 39.4 Å². The summed E-state index contributed by atoms with van der Waals surface area (Å²) in [5.74, 6) is 0.905. The van der Waals surface area contributed by atoms with E-state index in [0.29, 0.717) is 18.0 Å². The highest BCUT2D eigenvalue weighted by molar-refractivity contribution is 9.10. The van der Waals surface area contributed by atoms with E-state index in [9.17, 15) is 5.11 Å². The van der Waals surface area contributed by atoms with Crippen molar-refractivity contribution in [3.8, 4) is 17.2 Å². The third-order valence-corrected chi connectivity index (χ3v) is 4.08. The molecule has 5 nitrogen and oxygen atoms in total. The molecule has 0 fully saturated rings. The topological polar surface area (TPSA) is 68.4 Å². The first kappa shape index (κ1) is 16.0. The highest BCUT2D eigenvalue weighted by Crippen LogP contribution is 2.35. The number of aromatic nitrogens is 2. The van der Waals surface area contributed by atoms with Gasteiger partial charge in [0, 0.05) is 11.1 Å². The first-order chi connectivity index (χ1) is 10.1. The van der Waals surface area contributed by atoms with Crippen LogP contribution in [-0.4, -0.2) is 21.9 Å². The molecule has 1 heterocycles. The summed E-state index contributed by atoms with van der Waals surface area (Å²) in [5, 5.41) is 14.0. The van der Waals surface area contributed by atoms with Crippen molar-refractivity contribution >= 4 is 15.9 Å². The summed E-state index contributed by atoms with van der Waals surface area (Å²) < 4.78 is 12.0. The summed E-state index contributed by atoms with van der Waals surface area (Å²) in [6.45, 7) is 6.59. The summed E-state index contributed by atoms with van der Waals surface area (Å²) in [4.78, 5) is 4.43. The number of benzene rings is 1. The molecule has 0 unspecified atom stereocenters. The molecule has 1 aromatic carbocycles. The average molecular weight is 355 g/mol. The Hall–Kier alpha value is -1.40. The van der Waals surface area contributed by atoms with Gasteiger partial charge in [-0.15, -0.1) is 0 Å². The monoisotopic (exact) mass is 354 g/mol. The van der Waals surface area contributed by atoms with Gasteiger partial charge < -0.3 is 14.4 Å².